The molecule has 0 N–H and O–H groups in total. The molecule has 0 saturated heterocycles. The first-order valence-electron chi connectivity index (χ1n) is 4.52. The first-order chi connectivity index (χ1) is 5.51. The van der Waals surface area contributed by atoms with Gasteiger partial charge in [-0.2, -0.15) is 5.10 Å². The van der Waals surface area contributed by atoms with Gasteiger partial charge in [0, 0.05) is 12.7 Å². The summed E-state index contributed by atoms with van der Waals surface area (Å²) >= 11 is 0. The Labute approximate surface area is 74.6 Å². The molecule has 0 aliphatic rings. The number of hydrogen-bond donors (Lipinski definition) is 0. The van der Waals surface area contributed by atoms with E-state index in [4.69, 9.17) is 0 Å². The normalized spacial score (nSPS) is 12.0. The van der Waals surface area contributed by atoms with E-state index in [1.165, 1.54) is 5.56 Å². The summed E-state index contributed by atoms with van der Waals surface area (Å²) in [7, 11) is 0. The zero-order valence-electron chi connectivity index (χ0n) is 8.46. The fourth-order valence-electron chi connectivity index (χ4n) is 1.16. The van der Waals surface area contributed by atoms with Gasteiger partial charge in [-0.1, -0.05) is 27.7 Å². The van der Waals surface area contributed by atoms with E-state index in [1.54, 1.807) is 0 Å². The molecule has 0 fully saturated rings. The minimum absolute atomic E-state index is 0.316. The highest BCUT2D eigenvalue weighted by Crippen LogP contribution is 2.15. The predicted molar refractivity (Wildman–Crippen MR) is 51.1 cm³/mol. The Kier molecular flexibility index (Phi) is 2.55. The number of hydrogen-bond acceptors (Lipinski definition) is 1. The third kappa shape index (κ3) is 2.68. The molecule has 0 radical (unpaired) electrons. The highest BCUT2D eigenvalue weighted by atomic mass is 15.3. The smallest absolute Gasteiger partial charge is 0.0521 e. The molecule has 0 aliphatic heterocycles. The van der Waals surface area contributed by atoms with Crippen molar-refractivity contribution in [3.05, 3.63) is 18.0 Å². The zero-order chi connectivity index (χ0) is 9.19. The number of aromatic nitrogens is 2. The van der Waals surface area contributed by atoms with Crippen LogP contribution in [0.3, 0.4) is 0 Å². The molecule has 68 valence electrons. The van der Waals surface area contributed by atoms with Crippen molar-refractivity contribution in [2.24, 2.45) is 5.41 Å². The highest BCUT2D eigenvalue weighted by Gasteiger charge is 2.11. The van der Waals surface area contributed by atoms with Gasteiger partial charge < -0.3 is 0 Å². The van der Waals surface area contributed by atoms with Crippen LogP contribution in [0.5, 0.6) is 0 Å². The van der Waals surface area contributed by atoms with Crippen LogP contribution in [0.2, 0.25) is 0 Å². The van der Waals surface area contributed by atoms with Crippen LogP contribution in [0.1, 0.15) is 33.3 Å². The van der Waals surface area contributed by atoms with E-state index in [0.29, 0.717) is 5.41 Å². The SMILES string of the molecule is CCc1cnn(CC(C)(C)C)c1. The second kappa shape index (κ2) is 3.30. The molecule has 1 heterocycles. The highest BCUT2D eigenvalue weighted by molar-refractivity contribution is 5.02. The van der Waals surface area contributed by atoms with Gasteiger partial charge in [0.1, 0.15) is 0 Å². The quantitative estimate of drug-likeness (QED) is 0.660. The van der Waals surface area contributed by atoms with E-state index in [0.717, 1.165) is 13.0 Å². The van der Waals surface area contributed by atoms with E-state index < -0.39 is 0 Å². The van der Waals surface area contributed by atoms with Crippen molar-refractivity contribution in [3.63, 3.8) is 0 Å². The van der Waals surface area contributed by atoms with Crippen LogP contribution in [0, 0.1) is 5.41 Å². The van der Waals surface area contributed by atoms with E-state index >= 15 is 0 Å². The van der Waals surface area contributed by atoms with E-state index in [-0.39, 0.29) is 0 Å². The van der Waals surface area contributed by atoms with Gasteiger partial charge in [0.05, 0.1) is 6.20 Å². The summed E-state index contributed by atoms with van der Waals surface area (Å²) < 4.78 is 2.03. The molecule has 0 amide bonds. The monoisotopic (exact) mass is 166 g/mol. The van der Waals surface area contributed by atoms with Crippen molar-refractivity contribution in [1.29, 1.82) is 0 Å². The second-order valence-electron chi connectivity index (χ2n) is 4.46. The first kappa shape index (κ1) is 9.30. The summed E-state index contributed by atoms with van der Waals surface area (Å²) in [6.07, 6.45) is 5.15. The summed E-state index contributed by atoms with van der Waals surface area (Å²) in [5.74, 6) is 0. The van der Waals surface area contributed by atoms with Gasteiger partial charge in [0.25, 0.3) is 0 Å². The Hall–Kier alpha value is -0.790. The van der Waals surface area contributed by atoms with Gasteiger partial charge >= 0.3 is 0 Å². The lowest BCUT2D eigenvalue weighted by molar-refractivity contribution is 0.325. The Balaban J connectivity index is 2.64. The number of rotatable bonds is 2. The first-order valence-corrected chi connectivity index (χ1v) is 4.52. The summed E-state index contributed by atoms with van der Waals surface area (Å²) in [5.41, 5.74) is 1.64. The molecule has 0 spiro atoms. The van der Waals surface area contributed by atoms with Crippen LogP contribution < -0.4 is 0 Å². The van der Waals surface area contributed by atoms with Crippen molar-refractivity contribution in [3.8, 4) is 0 Å². The molecule has 0 atom stereocenters. The third-order valence-electron chi connectivity index (χ3n) is 1.73. The molecule has 0 bridgehead atoms. The lowest BCUT2D eigenvalue weighted by atomic mass is 9.97. The third-order valence-corrected chi connectivity index (χ3v) is 1.73. The molecule has 2 nitrogen and oxygen atoms in total. The van der Waals surface area contributed by atoms with Crippen molar-refractivity contribution in [2.75, 3.05) is 0 Å². The fourth-order valence-corrected chi connectivity index (χ4v) is 1.16. The molecule has 1 rings (SSSR count). The summed E-state index contributed by atoms with van der Waals surface area (Å²) in [6, 6.07) is 0. The lowest BCUT2D eigenvalue weighted by Gasteiger charge is -2.17. The van der Waals surface area contributed by atoms with Crippen molar-refractivity contribution < 1.29 is 0 Å². The van der Waals surface area contributed by atoms with Gasteiger partial charge in [0.2, 0.25) is 0 Å². The predicted octanol–water partition coefficient (Wildman–Crippen LogP) is 2.49. The minimum Gasteiger partial charge on any atom is -0.272 e. The fraction of sp³-hybridized carbons (Fsp3) is 0.700. The molecule has 0 saturated carbocycles. The second-order valence-corrected chi connectivity index (χ2v) is 4.46. The van der Waals surface area contributed by atoms with Crippen LogP contribution >= 0.6 is 0 Å². The Morgan fingerprint density at radius 2 is 2.08 bits per heavy atom. The standard InChI is InChI=1S/C10H18N2/c1-5-9-6-11-12(7-9)8-10(2,3)4/h6-7H,5,8H2,1-4H3. The topological polar surface area (TPSA) is 17.8 Å². The van der Waals surface area contributed by atoms with Gasteiger partial charge in [-0.05, 0) is 17.4 Å². The van der Waals surface area contributed by atoms with Crippen molar-refractivity contribution >= 4 is 0 Å². The lowest BCUT2D eigenvalue weighted by Crippen LogP contribution is -2.15. The maximum Gasteiger partial charge on any atom is 0.0521 e. The molecule has 12 heavy (non-hydrogen) atoms. The molecular formula is C10H18N2. The van der Waals surface area contributed by atoms with Crippen LogP contribution in [0.4, 0.5) is 0 Å². The van der Waals surface area contributed by atoms with Gasteiger partial charge in [-0.25, -0.2) is 0 Å². The zero-order valence-corrected chi connectivity index (χ0v) is 8.46. The van der Waals surface area contributed by atoms with Crippen molar-refractivity contribution in [1.82, 2.24) is 9.78 Å². The van der Waals surface area contributed by atoms with Crippen molar-refractivity contribution in [2.45, 2.75) is 40.7 Å². The molecule has 1 aromatic heterocycles. The minimum atomic E-state index is 0.316. The van der Waals surface area contributed by atoms with Crippen LogP contribution in [0.25, 0.3) is 0 Å². The van der Waals surface area contributed by atoms with Crippen LogP contribution in [0.15, 0.2) is 12.4 Å². The van der Waals surface area contributed by atoms with E-state index in [1.807, 2.05) is 10.9 Å². The van der Waals surface area contributed by atoms with E-state index in [9.17, 15) is 0 Å². The number of aryl methyl sites for hydroxylation is 1. The molecular weight excluding hydrogens is 148 g/mol. The molecule has 0 aliphatic carbocycles. The van der Waals surface area contributed by atoms with Gasteiger partial charge in [-0.15, -0.1) is 0 Å². The Bertz CT molecular complexity index is 243. The molecule has 0 unspecified atom stereocenters. The Morgan fingerprint density at radius 3 is 2.50 bits per heavy atom. The maximum absolute atomic E-state index is 4.29. The maximum atomic E-state index is 4.29. The summed E-state index contributed by atoms with van der Waals surface area (Å²) in [4.78, 5) is 0. The average molecular weight is 166 g/mol. The summed E-state index contributed by atoms with van der Waals surface area (Å²) in [5, 5.41) is 4.29. The largest absolute Gasteiger partial charge is 0.272 e. The van der Waals surface area contributed by atoms with Gasteiger partial charge in [0.15, 0.2) is 0 Å². The van der Waals surface area contributed by atoms with E-state index in [2.05, 4.69) is 39.0 Å². The Morgan fingerprint density at radius 1 is 1.42 bits per heavy atom. The summed E-state index contributed by atoms with van der Waals surface area (Å²) in [6.45, 7) is 9.81. The number of nitrogens with zero attached hydrogens (tertiary/aromatic N) is 2. The molecule has 1 aromatic rings. The van der Waals surface area contributed by atoms with Crippen LogP contribution in [-0.4, -0.2) is 9.78 Å². The van der Waals surface area contributed by atoms with Gasteiger partial charge in [-0.3, -0.25) is 4.68 Å². The average Bonchev–Trinajstić information content (AvgIpc) is 2.32. The van der Waals surface area contributed by atoms with Crippen LogP contribution in [-0.2, 0) is 13.0 Å². The molecule has 0 aromatic carbocycles. The molecule has 2 heteroatoms.